The first-order valence-corrected chi connectivity index (χ1v) is 6.36. The Morgan fingerprint density at radius 3 is 2.74 bits per heavy atom. The van der Waals surface area contributed by atoms with Crippen molar-refractivity contribution in [2.24, 2.45) is 5.92 Å². The molecule has 0 saturated carbocycles. The molecule has 1 atom stereocenters. The third-order valence-electron chi connectivity index (χ3n) is 3.40. The summed E-state index contributed by atoms with van der Waals surface area (Å²) in [5, 5.41) is 2.88. The third kappa shape index (κ3) is 4.48. The Hall–Kier alpha value is -1.13. The molecular formula is C14H20ClFN2O. The van der Waals surface area contributed by atoms with Crippen LogP contribution in [0.1, 0.15) is 12.0 Å². The Morgan fingerprint density at radius 2 is 2.11 bits per heavy atom. The van der Waals surface area contributed by atoms with Crippen LogP contribution < -0.4 is 5.32 Å². The van der Waals surface area contributed by atoms with Crippen molar-refractivity contribution in [1.82, 2.24) is 10.2 Å². The van der Waals surface area contributed by atoms with Gasteiger partial charge in [-0.15, -0.1) is 12.4 Å². The number of carbonyl (C=O) groups is 1. The van der Waals surface area contributed by atoms with Crippen LogP contribution in [0.25, 0.3) is 0 Å². The van der Waals surface area contributed by atoms with Crippen molar-refractivity contribution < 1.29 is 9.18 Å². The number of halogens is 2. The van der Waals surface area contributed by atoms with E-state index in [4.69, 9.17) is 0 Å². The second kappa shape index (κ2) is 7.46. The summed E-state index contributed by atoms with van der Waals surface area (Å²) in [7, 11) is 1.78. The van der Waals surface area contributed by atoms with Gasteiger partial charge in [0.15, 0.2) is 0 Å². The molecule has 1 heterocycles. The van der Waals surface area contributed by atoms with E-state index in [0.717, 1.165) is 31.5 Å². The molecule has 0 aliphatic carbocycles. The van der Waals surface area contributed by atoms with E-state index >= 15 is 0 Å². The molecule has 1 aliphatic heterocycles. The minimum Gasteiger partial charge on any atom is -0.341 e. The third-order valence-corrected chi connectivity index (χ3v) is 3.40. The molecule has 3 nitrogen and oxygen atoms in total. The first-order valence-electron chi connectivity index (χ1n) is 6.36. The molecule has 1 aromatic rings. The number of hydrogen-bond acceptors (Lipinski definition) is 2. The summed E-state index contributed by atoms with van der Waals surface area (Å²) in [6.07, 6.45) is 1.95. The average Bonchev–Trinajstić information content (AvgIpc) is 2.81. The fourth-order valence-electron chi connectivity index (χ4n) is 2.44. The van der Waals surface area contributed by atoms with Crippen LogP contribution in [-0.2, 0) is 11.2 Å². The Morgan fingerprint density at radius 1 is 1.42 bits per heavy atom. The number of nitrogens with one attached hydrogen (secondary N) is 1. The van der Waals surface area contributed by atoms with Crippen molar-refractivity contribution in [3.63, 3.8) is 0 Å². The second-order valence-electron chi connectivity index (χ2n) is 4.86. The number of rotatable bonds is 4. The van der Waals surface area contributed by atoms with E-state index in [0.29, 0.717) is 12.5 Å². The lowest BCUT2D eigenvalue weighted by Gasteiger charge is -2.16. The zero-order valence-corrected chi connectivity index (χ0v) is 11.9. The number of nitrogens with zero attached hydrogens (tertiary/aromatic N) is 1. The van der Waals surface area contributed by atoms with Crippen LogP contribution in [0, 0.1) is 11.7 Å². The van der Waals surface area contributed by atoms with Gasteiger partial charge in [0.25, 0.3) is 0 Å². The molecule has 1 N–H and O–H groups in total. The highest BCUT2D eigenvalue weighted by Gasteiger charge is 2.25. The maximum atomic E-state index is 12.8. The molecule has 1 aromatic carbocycles. The molecule has 0 bridgehead atoms. The minimum absolute atomic E-state index is 0. The number of hydrogen-bond donors (Lipinski definition) is 1. The first kappa shape index (κ1) is 15.9. The molecule has 0 radical (unpaired) electrons. The van der Waals surface area contributed by atoms with Crippen LogP contribution in [0.4, 0.5) is 4.39 Å². The smallest absolute Gasteiger partial charge is 0.236 e. The quantitative estimate of drug-likeness (QED) is 0.916. The van der Waals surface area contributed by atoms with Gasteiger partial charge in [-0.05, 0) is 43.5 Å². The molecule has 2 rings (SSSR count). The predicted octanol–water partition coefficient (Wildman–Crippen LogP) is 1.86. The van der Waals surface area contributed by atoms with E-state index in [9.17, 15) is 9.18 Å². The summed E-state index contributed by atoms with van der Waals surface area (Å²) < 4.78 is 12.8. The lowest BCUT2D eigenvalue weighted by Crippen LogP contribution is -2.35. The molecule has 0 aromatic heterocycles. The van der Waals surface area contributed by atoms with Gasteiger partial charge in [0, 0.05) is 13.1 Å². The lowest BCUT2D eigenvalue weighted by atomic mass is 9.99. The van der Waals surface area contributed by atoms with E-state index in [1.807, 2.05) is 17.0 Å². The van der Waals surface area contributed by atoms with Gasteiger partial charge in [0.2, 0.25) is 5.91 Å². The predicted molar refractivity (Wildman–Crippen MR) is 76.0 cm³/mol. The summed E-state index contributed by atoms with van der Waals surface area (Å²) in [5.74, 6) is 0.464. The molecule has 0 spiro atoms. The maximum absolute atomic E-state index is 12.8. The van der Waals surface area contributed by atoms with Crippen LogP contribution >= 0.6 is 12.4 Å². The van der Waals surface area contributed by atoms with Crippen molar-refractivity contribution >= 4 is 18.3 Å². The highest BCUT2D eigenvalue weighted by atomic mass is 35.5. The van der Waals surface area contributed by atoms with E-state index < -0.39 is 0 Å². The second-order valence-corrected chi connectivity index (χ2v) is 4.86. The highest BCUT2D eigenvalue weighted by Crippen LogP contribution is 2.21. The SMILES string of the molecule is CNCC(=O)N1CCC(Cc2ccc(F)cc2)C1.Cl. The van der Waals surface area contributed by atoms with Gasteiger partial charge in [-0.3, -0.25) is 4.79 Å². The fraction of sp³-hybridized carbons (Fsp3) is 0.500. The molecule has 1 saturated heterocycles. The van der Waals surface area contributed by atoms with Crippen molar-refractivity contribution in [3.8, 4) is 0 Å². The number of carbonyl (C=O) groups excluding carboxylic acids is 1. The van der Waals surface area contributed by atoms with Crippen LogP contribution in [0.5, 0.6) is 0 Å². The fourth-order valence-corrected chi connectivity index (χ4v) is 2.44. The topological polar surface area (TPSA) is 32.3 Å². The van der Waals surface area contributed by atoms with E-state index in [-0.39, 0.29) is 24.1 Å². The Kier molecular flexibility index (Phi) is 6.25. The van der Waals surface area contributed by atoms with E-state index in [2.05, 4.69) is 5.32 Å². The molecule has 5 heteroatoms. The molecule has 19 heavy (non-hydrogen) atoms. The van der Waals surface area contributed by atoms with E-state index in [1.165, 1.54) is 12.1 Å². The van der Waals surface area contributed by atoms with Gasteiger partial charge in [0.05, 0.1) is 6.54 Å². The van der Waals surface area contributed by atoms with Crippen LogP contribution in [0.15, 0.2) is 24.3 Å². The van der Waals surface area contributed by atoms with Gasteiger partial charge < -0.3 is 10.2 Å². The largest absolute Gasteiger partial charge is 0.341 e. The first-order chi connectivity index (χ1) is 8.69. The summed E-state index contributed by atoms with van der Waals surface area (Å²) in [5.41, 5.74) is 1.14. The summed E-state index contributed by atoms with van der Waals surface area (Å²) in [6, 6.07) is 6.64. The van der Waals surface area contributed by atoms with Crippen molar-refractivity contribution in [3.05, 3.63) is 35.6 Å². The summed E-state index contributed by atoms with van der Waals surface area (Å²) in [6.45, 7) is 2.06. The van der Waals surface area contributed by atoms with Gasteiger partial charge in [-0.25, -0.2) is 4.39 Å². The molecule has 1 unspecified atom stereocenters. The van der Waals surface area contributed by atoms with Gasteiger partial charge in [-0.2, -0.15) is 0 Å². The number of amides is 1. The zero-order chi connectivity index (χ0) is 13.0. The average molecular weight is 287 g/mol. The Bertz CT molecular complexity index is 410. The molecular weight excluding hydrogens is 267 g/mol. The number of likely N-dealkylation sites (tertiary alicyclic amines) is 1. The monoisotopic (exact) mass is 286 g/mol. The minimum atomic E-state index is -0.198. The number of benzene rings is 1. The normalized spacial score (nSPS) is 18.2. The van der Waals surface area contributed by atoms with Crippen LogP contribution in [0.3, 0.4) is 0 Å². The number of likely N-dealkylation sites (N-methyl/N-ethyl adjacent to an activating group) is 1. The van der Waals surface area contributed by atoms with Crippen molar-refractivity contribution in [2.45, 2.75) is 12.8 Å². The summed E-state index contributed by atoms with van der Waals surface area (Å²) >= 11 is 0. The molecule has 1 fully saturated rings. The lowest BCUT2D eigenvalue weighted by molar-refractivity contribution is -0.129. The van der Waals surface area contributed by atoms with E-state index in [1.54, 1.807) is 7.05 Å². The highest BCUT2D eigenvalue weighted by molar-refractivity contribution is 5.85. The molecule has 1 aliphatic rings. The van der Waals surface area contributed by atoms with Crippen LogP contribution in [0.2, 0.25) is 0 Å². The van der Waals surface area contributed by atoms with Gasteiger partial charge >= 0.3 is 0 Å². The Labute approximate surface area is 119 Å². The Balaban J connectivity index is 0.00000180. The standard InChI is InChI=1S/C14H19FN2O.ClH/c1-16-9-14(18)17-7-6-12(10-17)8-11-2-4-13(15)5-3-11;/h2-5,12,16H,6-10H2,1H3;1H. The van der Waals surface area contributed by atoms with Gasteiger partial charge in [-0.1, -0.05) is 12.1 Å². The van der Waals surface area contributed by atoms with Crippen molar-refractivity contribution in [1.29, 1.82) is 0 Å². The van der Waals surface area contributed by atoms with Crippen LogP contribution in [-0.4, -0.2) is 37.5 Å². The van der Waals surface area contributed by atoms with Gasteiger partial charge in [0.1, 0.15) is 5.82 Å². The van der Waals surface area contributed by atoms with Crippen molar-refractivity contribution in [2.75, 3.05) is 26.7 Å². The summed E-state index contributed by atoms with van der Waals surface area (Å²) in [4.78, 5) is 13.6. The molecule has 106 valence electrons. The maximum Gasteiger partial charge on any atom is 0.236 e. The zero-order valence-electron chi connectivity index (χ0n) is 11.1. The molecule has 1 amide bonds.